The van der Waals surface area contributed by atoms with Gasteiger partial charge < -0.3 is 20.1 Å². The van der Waals surface area contributed by atoms with Gasteiger partial charge in [0.1, 0.15) is 6.61 Å². The summed E-state index contributed by atoms with van der Waals surface area (Å²) in [5, 5.41) is 0. The van der Waals surface area contributed by atoms with Gasteiger partial charge >= 0.3 is 19.8 Å². The van der Waals surface area contributed by atoms with Crippen LogP contribution in [0, 0.1) is 0 Å². The average molecular weight is 744 g/mol. The van der Waals surface area contributed by atoms with Gasteiger partial charge in [-0.1, -0.05) is 147 Å². The lowest BCUT2D eigenvalue weighted by Crippen LogP contribution is -2.29. The molecule has 0 spiro atoms. The number of nitrogens with two attached hydrogens (primary N) is 1. The highest BCUT2D eigenvalue weighted by Gasteiger charge is 2.26. The molecular formula is C41H78NO8P. The maximum absolute atomic E-state index is 12.6. The Morgan fingerprint density at radius 3 is 1.53 bits per heavy atom. The number of phosphoric acid groups is 1. The van der Waals surface area contributed by atoms with Crippen molar-refractivity contribution in [3.05, 3.63) is 24.8 Å². The highest BCUT2D eigenvalue weighted by molar-refractivity contribution is 7.47. The van der Waals surface area contributed by atoms with Gasteiger partial charge in [0.2, 0.25) is 0 Å². The van der Waals surface area contributed by atoms with Gasteiger partial charge in [0.25, 0.3) is 0 Å². The summed E-state index contributed by atoms with van der Waals surface area (Å²) in [6.07, 6.45) is 38.1. The zero-order chi connectivity index (χ0) is 37.5. The van der Waals surface area contributed by atoms with Crippen molar-refractivity contribution in [1.29, 1.82) is 0 Å². The number of carbonyl (C=O) groups excluding carboxylic acids is 2. The average Bonchev–Trinajstić information content (AvgIpc) is 3.11. The van der Waals surface area contributed by atoms with E-state index in [-0.39, 0.29) is 38.6 Å². The highest BCUT2D eigenvalue weighted by Crippen LogP contribution is 2.43. The molecule has 0 aliphatic heterocycles. The molecule has 300 valence electrons. The van der Waals surface area contributed by atoms with Crippen LogP contribution in [0.5, 0.6) is 0 Å². The van der Waals surface area contributed by atoms with Crippen molar-refractivity contribution in [3.63, 3.8) is 0 Å². The largest absolute Gasteiger partial charge is 0.472 e. The Hall–Kier alpha value is -1.51. The molecule has 0 amide bonds. The van der Waals surface area contributed by atoms with Crippen LogP contribution in [0.4, 0.5) is 0 Å². The Bertz CT molecular complexity index is 884. The van der Waals surface area contributed by atoms with Gasteiger partial charge in [0.05, 0.1) is 13.2 Å². The van der Waals surface area contributed by atoms with Crippen molar-refractivity contribution < 1.29 is 37.6 Å². The molecule has 2 atom stereocenters. The summed E-state index contributed by atoms with van der Waals surface area (Å²) in [6, 6.07) is 0. The summed E-state index contributed by atoms with van der Waals surface area (Å²) in [7, 11) is -4.37. The quantitative estimate of drug-likeness (QED) is 0.0272. The minimum Gasteiger partial charge on any atom is -0.462 e. The Labute approximate surface area is 312 Å². The summed E-state index contributed by atoms with van der Waals surface area (Å²) < 4.78 is 32.7. The first kappa shape index (κ1) is 49.5. The third-order valence-electron chi connectivity index (χ3n) is 8.96. The zero-order valence-electron chi connectivity index (χ0n) is 32.7. The maximum atomic E-state index is 12.6. The van der Waals surface area contributed by atoms with Gasteiger partial charge in [-0.25, -0.2) is 4.57 Å². The predicted molar refractivity (Wildman–Crippen MR) is 211 cm³/mol. The van der Waals surface area contributed by atoms with E-state index in [9.17, 15) is 19.0 Å². The van der Waals surface area contributed by atoms with E-state index in [4.69, 9.17) is 24.3 Å². The van der Waals surface area contributed by atoms with E-state index in [2.05, 4.69) is 25.7 Å². The summed E-state index contributed by atoms with van der Waals surface area (Å²) in [5.74, 6) is -0.832. The van der Waals surface area contributed by atoms with Crippen molar-refractivity contribution >= 4 is 19.8 Å². The summed E-state index contributed by atoms with van der Waals surface area (Å²) >= 11 is 0. The first-order chi connectivity index (χ1) is 24.8. The molecule has 0 bridgehead atoms. The van der Waals surface area contributed by atoms with Crippen LogP contribution in [0.1, 0.15) is 193 Å². The topological polar surface area (TPSA) is 134 Å². The number of ether oxygens (including phenoxy) is 2. The van der Waals surface area contributed by atoms with Crippen molar-refractivity contribution in [3.8, 4) is 0 Å². The minimum absolute atomic E-state index is 0.0534. The molecule has 0 aliphatic carbocycles. The second-order valence-electron chi connectivity index (χ2n) is 13.9. The van der Waals surface area contributed by atoms with Gasteiger partial charge in [-0.3, -0.25) is 18.6 Å². The van der Waals surface area contributed by atoms with Gasteiger partial charge in [0, 0.05) is 19.4 Å². The maximum Gasteiger partial charge on any atom is 0.472 e. The second-order valence-corrected chi connectivity index (χ2v) is 15.4. The van der Waals surface area contributed by atoms with E-state index in [1.165, 1.54) is 109 Å². The number of hydrogen-bond acceptors (Lipinski definition) is 8. The molecule has 0 rings (SSSR count). The molecule has 0 aliphatic rings. The van der Waals surface area contributed by atoms with Crippen LogP contribution in [0.2, 0.25) is 0 Å². The van der Waals surface area contributed by atoms with E-state index < -0.39 is 26.5 Å². The molecule has 10 heteroatoms. The Morgan fingerprint density at radius 1 is 0.627 bits per heavy atom. The lowest BCUT2D eigenvalue weighted by Gasteiger charge is -2.19. The second kappa shape index (κ2) is 38.2. The van der Waals surface area contributed by atoms with Crippen LogP contribution < -0.4 is 5.73 Å². The first-order valence-corrected chi connectivity index (χ1v) is 22.3. The summed E-state index contributed by atoms with van der Waals surface area (Å²) in [6.45, 7) is 5.24. The monoisotopic (exact) mass is 744 g/mol. The molecule has 0 radical (unpaired) electrons. The van der Waals surface area contributed by atoms with Crippen LogP contribution in [0.15, 0.2) is 24.8 Å². The molecule has 0 saturated heterocycles. The molecule has 0 aromatic heterocycles. The molecule has 0 heterocycles. The Balaban J connectivity index is 4.15. The fourth-order valence-electron chi connectivity index (χ4n) is 5.84. The fourth-order valence-corrected chi connectivity index (χ4v) is 6.61. The number of carbonyl (C=O) groups is 2. The lowest BCUT2D eigenvalue weighted by molar-refractivity contribution is -0.161. The molecule has 51 heavy (non-hydrogen) atoms. The number of phosphoric ester groups is 1. The van der Waals surface area contributed by atoms with Gasteiger partial charge in [-0.2, -0.15) is 0 Å². The fraction of sp³-hybridized carbons (Fsp3) is 0.854. The predicted octanol–water partition coefficient (Wildman–Crippen LogP) is 11.6. The molecule has 3 N–H and O–H groups in total. The number of hydrogen-bond donors (Lipinski definition) is 2. The van der Waals surface area contributed by atoms with Crippen molar-refractivity contribution in [2.75, 3.05) is 26.4 Å². The summed E-state index contributed by atoms with van der Waals surface area (Å²) in [4.78, 5) is 34.8. The standard InChI is InChI=1S/C41H78NO8P/c1-3-5-7-9-11-13-15-17-19-21-23-25-27-29-31-33-40(43)47-37-39(38-49-51(45,46)48-36-35-42)50-41(44)34-32-30-28-26-24-22-20-18-16-14-12-10-8-6-4-2/h4,13,15,39H,2-3,5-12,14,16-38,42H2,1H3,(H,45,46)/b15-13+/t39-/m1/s1. The van der Waals surface area contributed by atoms with Gasteiger partial charge in [-0.15, -0.1) is 6.58 Å². The highest BCUT2D eigenvalue weighted by atomic mass is 31.2. The van der Waals surface area contributed by atoms with E-state index in [1.807, 2.05) is 6.08 Å². The molecular weight excluding hydrogens is 665 g/mol. The van der Waals surface area contributed by atoms with E-state index in [0.29, 0.717) is 6.42 Å². The van der Waals surface area contributed by atoms with Gasteiger partial charge in [-0.05, 0) is 51.4 Å². The third-order valence-corrected chi connectivity index (χ3v) is 9.94. The number of esters is 2. The van der Waals surface area contributed by atoms with Crippen LogP contribution in [0.25, 0.3) is 0 Å². The minimum atomic E-state index is -4.37. The normalized spacial score (nSPS) is 13.3. The smallest absolute Gasteiger partial charge is 0.462 e. The zero-order valence-corrected chi connectivity index (χ0v) is 33.6. The van der Waals surface area contributed by atoms with Crippen LogP contribution in [-0.4, -0.2) is 49.3 Å². The van der Waals surface area contributed by atoms with Crippen molar-refractivity contribution in [2.24, 2.45) is 5.73 Å². The number of unbranched alkanes of at least 4 members (excludes halogenated alkanes) is 24. The number of allylic oxidation sites excluding steroid dienone is 3. The van der Waals surface area contributed by atoms with E-state index >= 15 is 0 Å². The Morgan fingerprint density at radius 2 is 1.06 bits per heavy atom. The molecule has 0 saturated carbocycles. The van der Waals surface area contributed by atoms with Crippen LogP contribution in [0.3, 0.4) is 0 Å². The molecule has 0 aromatic rings. The SMILES string of the molecule is C=CCCCCCCCCCCCCCCCC(=O)O[C@H](COC(=O)CCCCCCCCC/C=C/CCCCCC)COP(=O)(O)OCCN. The van der Waals surface area contributed by atoms with Crippen LogP contribution >= 0.6 is 7.82 Å². The van der Waals surface area contributed by atoms with E-state index in [1.54, 1.807) is 0 Å². The lowest BCUT2D eigenvalue weighted by atomic mass is 10.0. The Kier molecular flexibility index (Phi) is 37.1. The molecule has 1 unspecified atom stereocenters. The van der Waals surface area contributed by atoms with Gasteiger partial charge in [0.15, 0.2) is 6.10 Å². The first-order valence-electron chi connectivity index (χ1n) is 20.8. The van der Waals surface area contributed by atoms with E-state index in [0.717, 1.165) is 57.8 Å². The van der Waals surface area contributed by atoms with Crippen molar-refractivity contribution in [1.82, 2.24) is 0 Å². The number of rotatable bonds is 40. The van der Waals surface area contributed by atoms with Crippen molar-refractivity contribution in [2.45, 2.75) is 199 Å². The molecule has 9 nitrogen and oxygen atoms in total. The molecule has 0 aromatic carbocycles. The summed E-state index contributed by atoms with van der Waals surface area (Å²) in [5.41, 5.74) is 5.34. The third kappa shape index (κ3) is 38.0. The van der Waals surface area contributed by atoms with Crippen LogP contribution in [-0.2, 0) is 32.7 Å². The molecule has 0 fully saturated rings.